The monoisotopic (exact) mass is 378 g/mol. The summed E-state index contributed by atoms with van der Waals surface area (Å²) in [5, 5.41) is 0.195. The van der Waals surface area contributed by atoms with Crippen molar-refractivity contribution in [3.8, 4) is 0 Å². The Morgan fingerprint density at radius 3 is 2.38 bits per heavy atom. The highest BCUT2D eigenvalue weighted by molar-refractivity contribution is 9.10. The fraction of sp³-hybridized carbons (Fsp3) is 0.571. The zero-order valence-corrected chi connectivity index (χ0v) is 14.6. The van der Waals surface area contributed by atoms with Gasteiger partial charge in [0.1, 0.15) is 5.15 Å². The van der Waals surface area contributed by atoms with Gasteiger partial charge in [-0.15, -0.1) is 0 Å². The summed E-state index contributed by atoms with van der Waals surface area (Å²) >= 11 is 9.32. The third kappa shape index (κ3) is 6.30. The van der Waals surface area contributed by atoms with Crippen LogP contribution in [0.4, 0.5) is 0 Å². The molecule has 0 N–H and O–H groups in total. The van der Waals surface area contributed by atoms with E-state index in [0.717, 1.165) is 0 Å². The fourth-order valence-electron chi connectivity index (χ4n) is 1.70. The minimum atomic E-state index is -0.173. The average molecular weight is 380 g/mol. The van der Waals surface area contributed by atoms with Crippen molar-refractivity contribution in [3.63, 3.8) is 0 Å². The number of nitrogens with zero attached hydrogens (tertiary/aromatic N) is 2. The summed E-state index contributed by atoms with van der Waals surface area (Å²) < 4.78 is 11.3. The minimum Gasteiger partial charge on any atom is -0.380 e. The van der Waals surface area contributed by atoms with Gasteiger partial charge >= 0.3 is 0 Å². The number of hydrogen-bond donors (Lipinski definition) is 0. The molecule has 0 radical (unpaired) electrons. The molecule has 0 fully saturated rings. The third-order valence-corrected chi connectivity index (χ3v) is 3.48. The van der Waals surface area contributed by atoms with Crippen molar-refractivity contribution in [2.45, 2.75) is 13.8 Å². The van der Waals surface area contributed by atoms with E-state index in [2.05, 4.69) is 20.9 Å². The van der Waals surface area contributed by atoms with Gasteiger partial charge in [-0.05, 0) is 35.8 Å². The van der Waals surface area contributed by atoms with Crippen molar-refractivity contribution >= 4 is 33.4 Å². The van der Waals surface area contributed by atoms with Gasteiger partial charge in [-0.2, -0.15) is 0 Å². The molecular weight excluding hydrogens is 360 g/mol. The maximum atomic E-state index is 12.6. The van der Waals surface area contributed by atoms with Gasteiger partial charge in [0, 0.05) is 37.0 Å². The van der Waals surface area contributed by atoms with E-state index in [1.165, 1.54) is 0 Å². The molecule has 0 saturated heterocycles. The van der Waals surface area contributed by atoms with E-state index < -0.39 is 0 Å². The SMILES string of the molecule is CCOCCN(CCOCC)C(=O)c1cc(Br)cnc1Cl. The Hall–Kier alpha value is -0.690. The molecule has 1 aromatic heterocycles. The molecule has 0 aliphatic carbocycles. The van der Waals surface area contributed by atoms with Crippen molar-refractivity contribution in [1.82, 2.24) is 9.88 Å². The molecule has 1 aromatic rings. The molecule has 5 nitrogen and oxygen atoms in total. The van der Waals surface area contributed by atoms with E-state index in [4.69, 9.17) is 21.1 Å². The lowest BCUT2D eigenvalue weighted by Gasteiger charge is -2.23. The highest BCUT2D eigenvalue weighted by Gasteiger charge is 2.19. The van der Waals surface area contributed by atoms with Crippen LogP contribution >= 0.6 is 27.5 Å². The first-order valence-corrected chi connectivity index (χ1v) is 8.03. The third-order valence-electron chi connectivity index (χ3n) is 2.74. The quantitative estimate of drug-likeness (QED) is 0.489. The second kappa shape index (κ2) is 10.1. The Morgan fingerprint density at radius 2 is 1.86 bits per heavy atom. The first-order chi connectivity index (χ1) is 10.1. The lowest BCUT2D eigenvalue weighted by atomic mass is 10.2. The zero-order chi connectivity index (χ0) is 15.7. The number of carbonyl (C=O) groups excluding carboxylic acids is 1. The van der Waals surface area contributed by atoms with Gasteiger partial charge in [0.05, 0.1) is 18.8 Å². The Bertz CT molecular complexity index is 450. The van der Waals surface area contributed by atoms with E-state index in [-0.39, 0.29) is 11.1 Å². The lowest BCUT2D eigenvalue weighted by molar-refractivity contribution is 0.0550. The predicted octanol–water partition coefficient (Wildman–Crippen LogP) is 3.01. The second-order valence-electron chi connectivity index (χ2n) is 4.18. The van der Waals surface area contributed by atoms with Crippen LogP contribution in [0.1, 0.15) is 24.2 Å². The van der Waals surface area contributed by atoms with Gasteiger partial charge in [-0.25, -0.2) is 4.98 Å². The summed E-state index contributed by atoms with van der Waals surface area (Å²) in [4.78, 5) is 18.2. The summed E-state index contributed by atoms with van der Waals surface area (Å²) in [6.07, 6.45) is 1.56. The molecular formula is C14H20BrClN2O3. The molecule has 1 amide bonds. The summed E-state index contributed by atoms with van der Waals surface area (Å²) in [5.74, 6) is -0.173. The number of halogens is 2. The normalized spacial score (nSPS) is 10.7. The smallest absolute Gasteiger partial charge is 0.257 e. The number of ether oxygens (including phenoxy) is 2. The maximum Gasteiger partial charge on any atom is 0.257 e. The number of pyridine rings is 1. The largest absolute Gasteiger partial charge is 0.380 e. The van der Waals surface area contributed by atoms with E-state index in [0.29, 0.717) is 49.6 Å². The van der Waals surface area contributed by atoms with Crippen molar-refractivity contribution in [2.24, 2.45) is 0 Å². The molecule has 7 heteroatoms. The summed E-state index contributed by atoms with van der Waals surface area (Å²) in [5.41, 5.74) is 0.374. The van der Waals surface area contributed by atoms with Gasteiger partial charge in [-0.3, -0.25) is 4.79 Å². The zero-order valence-electron chi connectivity index (χ0n) is 12.3. The predicted molar refractivity (Wildman–Crippen MR) is 85.8 cm³/mol. The minimum absolute atomic E-state index is 0.173. The van der Waals surface area contributed by atoms with Crippen molar-refractivity contribution in [3.05, 3.63) is 27.5 Å². The standard InChI is InChI=1S/C14H20BrClN2O3/c1-3-20-7-5-18(6-8-21-4-2)14(19)12-9-11(15)10-17-13(12)16/h9-10H,3-8H2,1-2H3. The van der Waals surface area contributed by atoms with Crippen LogP contribution in [0.15, 0.2) is 16.7 Å². The first kappa shape index (κ1) is 18.4. The van der Waals surface area contributed by atoms with E-state index in [1.54, 1.807) is 17.2 Å². The maximum absolute atomic E-state index is 12.6. The number of hydrogen-bond acceptors (Lipinski definition) is 4. The molecule has 118 valence electrons. The van der Waals surface area contributed by atoms with E-state index in [1.807, 2.05) is 13.8 Å². The molecule has 1 rings (SSSR count). The van der Waals surface area contributed by atoms with Crippen LogP contribution in [0, 0.1) is 0 Å². The summed E-state index contributed by atoms with van der Waals surface area (Å²) in [6, 6.07) is 1.67. The van der Waals surface area contributed by atoms with Gasteiger partial charge in [-0.1, -0.05) is 11.6 Å². The van der Waals surface area contributed by atoms with E-state index >= 15 is 0 Å². The Labute approximate surface area is 138 Å². The summed E-state index contributed by atoms with van der Waals surface area (Å²) in [6.45, 7) is 7.01. The van der Waals surface area contributed by atoms with Crippen molar-refractivity contribution in [2.75, 3.05) is 39.5 Å². The van der Waals surface area contributed by atoms with E-state index in [9.17, 15) is 4.79 Å². The Morgan fingerprint density at radius 1 is 1.29 bits per heavy atom. The van der Waals surface area contributed by atoms with Crippen LogP contribution in [0.5, 0.6) is 0 Å². The van der Waals surface area contributed by atoms with Gasteiger partial charge in [0.25, 0.3) is 5.91 Å². The average Bonchev–Trinajstić information content (AvgIpc) is 2.48. The highest BCUT2D eigenvalue weighted by Crippen LogP contribution is 2.19. The molecule has 0 spiro atoms. The number of aromatic nitrogens is 1. The number of rotatable bonds is 9. The van der Waals surface area contributed by atoms with Crippen molar-refractivity contribution in [1.29, 1.82) is 0 Å². The molecule has 1 heterocycles. The van der Waals surface area contributed by atoms with Crippen molar-refractivity contribution < 1.29 is 14.3 Å². The number of amides is 1. The second-order valence-corrected chi connectivity index (χ2v) is 5.45. The van der Waals surface area contributed by atoms with Crippen LogP contribution in [0.2, 0.25) is 5.15 Å². The van der Waals surface area contributed by atoms with Crippen LogP contribution in [0.3, 0.4) is 0 Å². The first-order valence-electron chi connectivity index (χ1n) is 6.85. The molecule has 0 saturated carbocycles. The summed E-state index contributed by atoms with van der Waals surface area (Å²) in [7, 11) is 0. The van der Waals surface area contributed by atoms with Crippen LogP contribution in [-0.4, -0.2) is 55.3 Å². The number of carbonyl (C=O) groups is 1. The molecule has 0 aromatic carbocycles. The highest BCUT2D eigenvalue weighted by atomic mass is 79.9. The molecule has 0 aliphatic heterocycles. The van der Waals surface area contributed by atoms with Gasteiger partial charge < -0.3 is 14.4 Å². The Kier molecular flexibility index (Phi) is 8.84. The molecule has 0 aliphatic rings. The van der Waals surface area contributed by atoms with Crippen LogP contribution in [-0.2, 0) is 9.47 Å². The molecule has 0 atom stereocenters. The lowest BCUT2D eigenvalue weighted by Crippen LogP contribution is -2.37. The topological polar surface area (TPSA) is 51.7 Å². The molecule has 21 heavy (non-hydrogen) atoms. The Balaban J connectivity index is 2.79. The fourth-order valence-corrected chi connectivity index (χ4v) is 2.21. The van der Waals surface area contributed by atoms with Gasteiger partial charge in [0.2, 0.25) is 0 Å². The molecule has 0 unspecified atom stereocenters. The van der Waals surface area contributed by atoms with Gasteiger partial charge in [0.15, 0.2) is 0 Å². The van der Waals surface area contributed by atoms with Crippen LogP contribution in [0.25, 0.3) is 0 Å². The van der Waals surface area contributed by atoms with Crippen LogP contribution < -0.4 is 0 Å². The molecule has 0 bridgehead atoms.